The molecule has 0 bridgehead atoms. The molecule has 1 unspecified atom stereocenters. The fourth-order valence-corrected chi connectivity index (χ4v) is 1.39. The Bertz CT molecular complexity index is 462. The minimum Gasteiger partial charge on any atom is -0.373 e. The maximum Gasteiger partial charge on any atom is 0.179 e. The molecule has 5 heteroatoms. The molecule has 5 nitrogen and oxygen atoms in total. The van der Waals surface area contributed by atoms with Crippen molar-refractivity contribution in [3.8, 4) is 0 Å². The fraction of sp³-hybridized carbons (Fsp3) is 0.400. The molecule has 0 saturated heterocycles. The predicted molar refractivity (Wildman–Crippen MR) is 60.9 cm³/mol. The van der Waals surface area contributed by atoms with Gasteiger partial charge in [0.15, 0.2) is 5.65 Å². The lowest BCUT2D eigenvalue weighted by Crippen LogP contribution is -2.13. The first-order valence-corrected chi connectivity index (χ1v) is 4.96. The van der Waals surface area contributed by atoms with E-state index in [1.54, 1.807) is 0 Å². The molecule has 2 rings (SSSR count). The Morgan fingerprint density at radius 1 is 1.27 bits per heavy atom. The summed E-state index contributed by atoms with van der Waals surface area (Å²) in [7, 11) is 3.75. The standard InChI is InChI=1S/C10H15N5/c1-6(11-2)9-13-7-4-5-8(12-3)14-10(7)15-9/h4-6,11H,1-3H3,(H2,12,13,14,15). The maximum absolute atomic E-state index is 4.42. The highest BCUT2D eigenvalue weighted by molar-refractivity contribution is 5.72. The van der Waals surface area contributed by atoms with Gasteiger partial charge in [-0.15, -0.1) is 0 Å². The predicted octanol–water partition coefficient (Wildman–Crippen LogP) is 1.28. The zero-order chi connectivity index (χ0) is 10.8. The molecule has 0 aliphatic carbocycles. The molecule has 0 radical (unpaired) electrons. The van der Waals surface area contributed by atoms with Crippen molar-refractivity contribution in [1.82, 2.24) is 20.3 Å². The minimum absolute atomic E-state index is 0.206. The number of aromatic nitrogens is 3. The average Bonchev–Trinajstić information content (AvgIpc) is 2.70. The Balaban J connectivity index is 2.46. The molecule has 0 fully saturated rings. The summed E-state index contributed by atoms with van der Waals surface area (Å²) in [6.45, 7) is 2.05. The van der Waals surface area contributed by atoms with Crippen LogP contribution < -0.4 is 10.6 Å². The number of imidazole rings is 1. The quantitative estimate of drug-likeness (QED) is 0.706. The number of anilines is 1. The van der Waals surface area contributed by atoms with Gasteiger partial charge in [-0.25, -0.2) is 9.97 Å². The van der Waals surface area contributed by atoms with Crippen LogP contribution in [0.2, 0.25) is 0 Å². The number of nitrogens with zero attached hydrogens (tertiary/aromatic N) is 2. The Labute approximate surface area is 88.3 Å². The highest BCUT2D eigenvalue weighted by Gasteiger charge is 2.09. The van der Waals surface area contributed by atoms with E-state index in [1.807, 2.05) is 26.2 Å². The molecule has 15 heavy (non-hydrogen) atoms. The second-order valence-electron chi connectivity index (χ2n) is 3.45. The minimum atomic E-state index is 0.206. The van der Waals surface area contributed by atoms with Gasteiger partial charge in [0, 0.05) is 7.05 Å². The van der Waals surface area contributed by atoms with Crippen molar-refractivity contribution in [1.29, 1.82) is 0 Å². The van der Waals surface area contributed by atoms with Crippen LogP contribution in [0.4, 0.5) is 5.82 Å². The van der Waals surface area contributed by atoms with E-state index in [0.29, 0.717) is 0 Å². The van der Waals surface area contributed by atoms with Gasteiger partial charge in [-0.3, -0.25) is 0 Å². The van der Waals surface area contributed by atoms with E-state index in [2.05, 4.69) is 32.5 Å². The first-order chi connectivity index (χ1) is 7.24. The maximum atomic E-state index is 4.42. The average molecular weight is 205 g/mol. The van der Waals surface area contributed by atoms with E-state index >= 15 is 0 Å². The number of H-pyrrole nitrogens is 1. The van der Waals surface area contributed by atoms with Gasteiger partial charge in [-0.1, -0.05) is 0 Å². The first kappa shape index (κ1) is 9.92. The zero-order valence-corrected chi connectivity index (χ0v) is 9.13. The van der Waals surface area contributed by atoms with Gasteiger partial charge in [0.2, 0.25) is 0 Å². The number of fused-ring (bicyclic) bond motifs is 1. The molecular formula is C10H15N5. The van der Waals surface area contributed by atoms with E-state index in [1.165, 1.54) is 0 Å². The SMILES string of the molecule is CNc1ccc2[nH]c(C(C)NC)nc2n1. The fourth-order valence-electron chi connectivity index (χ4n) is 1.39. The third-order valence-electron chi connectivity index (χ3n) is 2.46. The first-order valence-electron chi connectivity index (χ1n) is 4.96. The summed E-state index contributed by atoms with van der Waals surface area (Å²) in [6.07, 6.45) is 0. The second-order valence-corrected chi connectivity index (χ2v) is 3.45. The number of hydrogen-bond donors (Lipinski definition) is 3. The van der Waals surface area contributed by atoms with Crippen LogP contribution in [-0.4, -0.2) is 29.0 Å². The van der Waals surface area contributed by atoms with Crippen molar-refractivity contribution < 1.29 is 0 Å². The van der Waals surface area contributed by atoms with Crippen LogP contribution in [0.5, 0.6) is 0 Å². The summed E-state index contributed by atoms with van der Waals surface area (Å²) in [6, 6.07) is 4.11. The van der Waals surface area contributed by atoms with Gasteiger partial charge in [0.1, 0.15) is 11.6 Å². The summed E-state index contributed by atoms with van der Waals surface area (Å²) in [5, 5.41) is 6.12. The van der Waals surface area contributed by atoms with E-state index < -0.39 is 0 Å². The van der Waals surface area contributed by atoms with Gasteiger partial charge >= 0.3 is 0 Å². The number of pyridine rings is 1. The lowest BCUT2D eigenvalue weighted by atomic mass is 10.3. The van der Waals surface area contributed by atoms with E-state index in [4.69, 9.17) is 0 Å². The monoisotopic (exact) mass is 205 g/mol. The third-order valence-corrected chi connectivity index (χ3v) is 2.46. The molecule has 0 aromatic carbocycles. The molecule has 2 aromatic heterocycles. The van der Waals surface area contributed by atoms with Crippen LogP contribution in [0.3, 0.4) is 0 Å². The van der Waals surface area contributed by atoms with Crippen molar-refractivity contribution in [2.24, 2.45) is 0 Å². The molecular weight excluding hydrogens is 190 g/mol. The van der Waals surface area contributed by atoms with Crippen LogP contribution in [-0.2, 0) is 0 Å². The number of rotatable bonds is 3. The van der Waals surface area contributed by atoms with Crippen molar-refractivity contribution >= 4 is 17.0 Å². The highest BCUT2D eigenvalue weighted by atomic mass is 15.1. The lowest BCUT2D eigenvalue weighted by molar-refractivity contribution is 0.620. The molecule has 0 saturated carbocycles. The van der Waals surface area contributed by atoms with Crippen LogP contribution in [0, 0.1) is 0 Å². The van der Waals surface area contributed by atoms with Gasteiger partial charge in [-0.05, 0) is 26.1 Å². The Morgan fingerprint density at radius 3 is 2.73 bits per heavy atom. The van der Waals surface area contributed by atoms with Gasteiger partial charge in [0.05, 0.1) is 11.6 Å². The topological polar surface area (TPSA) is 65.6 Å². The summed E-state index contributed by atoms with van der Waals surface area (Å²) in [5.41, 5.74) is 1.71. The molecule has 2 heterocycles. The smallest absolute Gasteiger partial charge is 0.179 e. The largest absolute Gasteiger partial charge is 0.373 e. The van der Waals surface area contributed by atoms with Crippen molar-refractivity contribution in [2.75, 3.05) is 19.4 Å². The zero-order valence-electron chi connectivity index (χ0n) is 9.13. The Hall–Kier alpha value is -1.62. The number of nitrogens with one attached hydrogen (secondary N) is 3. The summed E-state index contributed by atoms with van der Waals surface area (Å²) in [5.74, 6) is 1.74. The van der Waals surface area contributed by atoms with Crippen LogP contribution in [0.15, 0.2) is 12.1 Å². The second kappa shape index (κ2) is 3.86. The molecule has 0 aliphatic heterocycles. The highest BCUT2D eigenvalue weighted by Crippen LogP contribution is 2.15. The lowest BCUT2D eigenvalue weighted by Gasteiger charge is -2.04. The van der Waals surface area contributed by atoms with Crippen LogP contribution in [0.25, 0.3) is 11.2 Å². The molecule has 0 amide bonds. The van der Waals surface area contributed by atoms with Crippen molar-refractivity contribution in [3.05, 3.63) is 18.0 Å². The molecule has 2 aromatic rings. The molecule has 0 aliphatic rings. The Morgan fingerprint density at radius 2 is 2.07 bits per heavy atom. The van der Waals surface area contributed by atoms with Crippen LogP contribution >= 0.6 is 0 Å². The van der Waals surface area contributed by atoms with Gasteiger partial charge in [0.25, 0.3) is 0 Å². The summed E-state index contributed by atoms with van der Waals surface area (Å²) in [4.78, 5) is 12.0. The summed E-state index contributed by atoms with van der Waals surface area (Å²) >= 11 is 0. The third kappa shape index (κ3) is 1.78. The molecule has 0 spiro atoms. The van der Waals surface area contributed by atoms with E-state index in [-0.39, 0.29) is 6.04 Å². The van der Waals surface area contributed by atoms with E-state index in [9.17, 15) is 0 Å². The van der Waals surface area contributed by atoms with Crippen molar-refractivity contribution in [2.45, 2.75) is 13.0 Å². The number of aromatic amines is 1. The summed E-state index contributed by atoms with van der Waals surface area (Å²) < 4.78 is 0. The van der Waals surface area contributed by atoms with Gasteiger partial charge in [-0.2, -0.15) is 0 Å². The number of hydrogen-bond acceptors (Lipinski definition) is 4. The molecule has 1 atom stereocenters. The van der Waals surface area contributed by atoms with E-state index in [0.717, 1.165) is 22.8 Å². The molecule has 80 valence electrons. The van der Waals surface area contributed by atoms with Gasteiger partial charge < -0.3 is 15.6 Å². The normalized spacial score (nSPS) is 13.0. The Kier molecular flexibility index (Phi) is 2.55. The van der Waals surface area contributed by atoms with Crippen molar-refractivity contribution in [3.63, 3.8) is 0 Å². The molecule has 3 N–H and O–H groups in total. The van der Waals surface area contributed by atoms with Crippen LogP contribution in [0.1, 0.15) is 18.8 Å².